The van der Waals surface area contributed by atoms with E-state index in [-0.39, 0.29) is 20.0 Å². The fraction of sp³-hybridized carbons (Fsp3) is 0.0769. The number of rotatable bonds is 2. The van der Waals surface area contributed by atoms with E-state index in [1.54, 1.807) is 0 Å². The van der Waals surface area contributed by atoms with E-state index in [1.165, 1.54) is 22.6 Å². The van der Waals surface area contributed by atoms with Crippen molar-refractivity contribution in [3.63, 3.8) is 0 Å². The van der Waals surface area contributed by atoms with Crippen molar-refractivity contribution in [2.24, 2.45) is 0 Å². The first-order valence-electron chi connectivity index (χ1n) is 5.65. The van der Waals surface area contributed by atoms with Gasteiger partial charge >= 0.3 is 5.97 Å². The quantitative estimate of drug-likeness (QED) is 0.333. The normalized spacial score (nSPS) is 10.6. The summed E-state index contributed by atoms with van der Waals surface area (Å²) in [6, 6.07) is 1.85. The number of nitrogen functional groups attached to an aromatic ring is 1. The maximum absolute atomic E-state index is 14.0. The van der Waals surface area contributed by atoms with Crippen LogP contribution >= 0.6 is 34.2 Å². The molecule has 0 amide bonds. The summed E-state index contributed by atoms with van der Waals surface area (Å²) in [4.78, 5) is 15.3. The van der Waals surface area contributed by atoms with Gasteiger partial charge in [-0.1, -0.05) is 11.6 Å². The van der Waals surface area contributed by atoms with Crippen LogP contribution in [0, 0.1) is 21.0 Å². The highest BCUT2D eigenvalue weighted by Gasteiger charge is 2.24. The summed E-state index contributed by atoms with van der Waals surface area (Å²) in [6.07, 6.45) is 0. The molecule has 4 nitrogen and oxygen atoms in total. The fourth-order valence-electron chi connectivity index (χ4n) is 1.71. The molecule has 2 aromatic rings. The summed E-state index contributed by atoms with van der Waals surface area (Å²) >= 11 is 7.26. The van der Waals surface area contributed by atoms with E-state index in [2.05, 4.69) is 9.72 Å². The second kappa shape index (κ2) is 6.29. The summed E-state index contributed by atoms with van der Waals surface area (Å²) in [5, 5.41) is -0.220. The van der Waals surface area contributed by atoms with Crippen molar-refractivity contribution >= 4 is 45.8 Å². The van der Waals surface area contributed by atoms with Gasteiger partial charge in [0.05, 0.1) is 32.6 Å². The van der Waals surface area contributed by atoms with Gasteiger partial charge in [0, 0.05) is 0 Å². The largest absolute Gasteiger partial charge is 0.464 e. The van der Waals surface area contributed by atoms with Gasteiger partial charge in [-0.15, -0.1) is 0 Å². The minimum absolute atomic E-state index is 0.148. The van der Waals surface area contributed by atoms with Gasteiger partial charge in [0.15, 0.2) is 17.3 Å². The molecule has 0 atom stereocenters. The summed E-state index contributed by atoms with van der Waals surface area (Å²) in [5.74, 6) is -4.65. The van der Waals surface area contributed by atoms with Gasteiger partial charge in [0.25, 0.3) is 0 Å². The number of nitrogens with two attached hydrogens (primary N) is 1. The van der Waals surface area contributed by atoms with Crippen molar-refractivity contribution in [1.29, 1.82) is 0 Å². The summed E-state index contributed by atoms with van der Waals surface area (Å²) < 4.78 is 45.9. The Labute approximate surface area is 141 Å². The third-order valence-corrected chi connectivity index (χ3v) is 3.92. The number of nitrogens with zero attached hydrogens (tertiary/aromatic N) is 1. The molecule has 0 bridgehead atoms. The number of halogens is 5. The van der Waals surface area contributed by atoms with E-state index < -0.39 is 34.7 Å². The molecule has 0 aliphatic carbocycles. The number of carbonyl (C=O) groups is 1. The first-order chi connectivity index (χ1) is 10.3. The number of carbonyl (C=O) groups excluding carboxylic acids is 1. The number of esters is 1. The Balaban J connectivity index is 2.77. The average Bonchev–Trinajstić information content (AvgIpc) is 2.47. The number of benzene rings is 1. The smallest absolute Gasteiger partial charge is 0.358 e. The number of ether oxygens (including phenoxy) is 1. The summed E-state index contributed by atoms with van der Waals surface area (Å²) in [5.41, 5.74) is 3.92. The maximum atomic E-state index is 14.0. The zero-order valence-corrected chi connectivity index (χ0v) is 13.8. The Bertz CT molecular complexity index is 787. The third kappa shape index (κ3) is 2.84. The third-order valence-electron chi connectivity index (χ3n) is 2.73. The Morgan fingerprint density at radius 2 is 1.95 bits per heavy atom. The molecule has 0 saturated carbocycles. The SMILES string of the molecule is COC(=O)c1nc(-c2c(F)cc(I)c(F)c2F)cc(N)c1Cl. The van der Waals surface area contributed by atoms with Crippen LogP contribution in [0.1, 0.15) is 10.5 Å². The Kier molecular flexibility index (Phi) is 4.81. The van der Waals surface area contributed by atoms with Gasteiger partial charge in [0.2, 0.25) is 0 Å². The van der Waals surface area contributed by atoms with Crippen LogP contribution in [0.3, 0.4) is 0 Å². The van der Waals surface area contributed by atoms with Crippen molar-refractivity contribution in [3.8, 4) is 11.3 Å². The molecule has 1 heterocycles. The molecule has 116 valence electrons. The molecule has 0 spiro atoms. The number of hydrogen-bond acceptors (Lipinski definition) is 4. The second-order valence-electron chi connectivity index (χ2n) is 4.09. The molecule has 0 radical (unpaired) electrons. The van der Waals surface area contributed by atoms with Crippen LogP contribution in [-0.4, -0.2) is 18.1 Å². The molecule has 2 rings (SSSR count). The molecule has 2 N–H and O–H groups in total. The molecule has 1 aromatic carbocycles. The van der Waals surface area contributed by atoms with E-state index in [9.17, 15) is 18.0 Å². The topological polar surface area (TPSA) is 65.2 Å². The van der Waals surface area contributed by atoms with Crippen LogP contribution in [0.2, 0.25) is 5.02 Å². The van der Waals surface area contributed by atoms with Gasteiger partial charge < -0.3 is 10.5 Å². The van der Waals surface area contributed by atoms with E-state index in [1.807, 2.05) is 0 Å². The van der Waals surface area contributed by atoms with Crippen molar-refractivity contribution in [1.82, 2.24) is 4.98 Å². The highest BCUT2D eigenvalue weighted by atomic mass is 127. The fourth-order valence-corrected chi connectivity index (χ4v) is 2.39. The lowest BCUT2D eigenvalue weighted by Gasteiger charge is -2.11. The van der Waals surface area contributed by atoms with Crippen LogP contribution in [0.5, 0.6) is 0 Å². The first-order valence-corrected chi connectivity index (χ1v) is 7.11. The molecule has 0 fully saturated rings. The lowest BCUT2D eigenvalue weighted by molar-refractivity contribution is 0.0594. The second-order valence-corrected chi connectivity index (χ2v) is 5.63. The van der Waals surface area contributed by atoms with E-state index >= 15 is 0 Å². The number of aromatic nitrogens is 1. The maximum Gasteiger partial charge on any atom is 0.358 e. The Hall–Kier alpha value is -1.55. The van der Waals surface area contributed by atoms with Crippen molar-refractivity contribution < 1.29 is 22.7 Å². The molecule has 9 heteroatoms. The van der Waals surface area contributed by atoms with Crippen LogP contribution < -0.4 is 5.73 Å². The molecule has 1 aromatic heterocycles. The number of hydrogen-bond donors (Lipinski definition) is 1. The summed E-state index contributed by atoms with van der Waals surface area (Å²) in [6.45, 7) is 0. The van der Waals surface area contributed by atoms with Crippen molar-refractivity contribution in [2.45, 2.75) is 0 Å². The van der Waals surface area contributed by atoms with Crippen LogP contribution in [0.25, 0.3) is 11.3 Å². The van der Waals surface area contributed by atoms with Crippen LogP contribution in [0.15, 0.2) is 12.1 Å². The average molecular weight is 443 g/mol. The standard InChI is InChI=1S/C13H7ClF3IN2O2/c1-22-13(21)12-9(14)6(19)3-7(20-12)8-4(15)2-5(18)10(16)11(8)17/h2-3H,1H3,(H2,19,20). The molecular formula is C13H7ClF3IN2O2. The van der Waals surface area contributed by atoms with E-state index in [0.29, 0.717) is 0 Å². The van der Waals surface area contributed by atoms with Gasteiger partial charge in [-0.25, -0.2) is 22.9 Å². The minimum Gasteiger partial charge on any atom is -0.464 e. The number of pyridine rings is 1. The van der Waals surface area contributed by atoms with E-state index in [4.69, 9.17) is 17.3 Å². The Morgan fingerprint density at radius 3 is 2.55 bits per heavy atom. The van der Waals surface area contributed by atoms with Crippen molar-refractivity contribution in [2.75, 3.05) is 12.8 Å². The lowest BCUT2D eigenvalue weighted by atomic mass is 10.1. The molecular weight excluding hydrogens is 436 g/mol. The first kappa shape index (κ1) is 16.8. The van der Waals surface area contributed by atoms with Gasteiger partial charge in [-0.3, -0.25) is 0 Å². The lowest BCUT2D eigenvalue weighted by Crippen LogP contribution is -2.09. The van der Waals surface area contributed by atoms with Crippen LogP contribution in [-0.2, 0) is 4.74 Å². The predicted octanol–water partition coefficient (Wildman–Crippen LogP) is 3.79. The molecule has 0 unspecified atom stereocenters. The van der Waals surface area contributed by atoms with Crippen molar-refractivity contribution in [3.05, 3.63) is 43.9 Å². The molecule has 0 aliphatic rings. The summed E-state index contributed by atoms with van der Waals surface area (Å²) in [7, 11) is 1.08. The van der Waals surface area contributed by atoms with Gasteiger partial charge in [-0.2, -0.15) is 0 Å². The molecule has 0 saturated heterocycles. The van der Waals surface area contributed by atoms with Gasteiger partial charge in [0.1, 0.15) is 5.82 Å². The highest BCUT2D eigenvalue weighted by Crippen LogP contribution is 2.33. The highest BCUT2D eigenvalue weighted by molar-refractivity contribution is 14.1. The minimum atomic E-state index is -1.44. The number of methoxy groups -OCH3 is 1. The van der Waals surface area contributed by atoms with E-state index in [0.717, 1.165) is 19.2 Å². The van der Waals surface area contributed by atoms with Gasteiger partial charge in [-0.05, 0) is 34.7 Å². The zero-order valence-electron chi connectivity index (χ0n) is 10.9. The molecule has 22 heavy (non-hydrogen) atoms. The predicted molar refractivity (Wildman–Crippen MR) is 83.0 cm³/mol. The molecule has 0 aliphatic heterocycles. The zero-order chi connectivity index (χ0) is 16.6. The Morgan fingerprint density at radius 1 is 1.32 bits per heavy atom. The number of anilines is 1. The monoisotopic (exact) mass is 442 g/mol. The van der Waals surface area contributed by atoms with Crippen LogP contribution in [0.4, 0.5) is 18.9 Å².